The number of halogens is 1. The molecule has 1 aliphatic rings. The first-order chi connectivity index (χ1) is 9.24. The second-order valence-corrected chi connectivity index (χ2v) is 5.71. The number of ether oxygens (including phenoxy) is 1. The molecule has 0 N–H and O–H groups in total. The van der Waals surface area contributed by atoms with Crippen molar-refractivity contribution in [3.63, 3.8) is 0 Å². The number of benzene rings is 1. The van der Waals surface area contributed by atoms with Gasteiger partial charge in [0.05, 0.1) is 11.7 Å². The average Bonchev–Trinajstić information content (AvgIpc) is 2.45. The molecule has 0 radical (unpaired) electrons. The quantitative estimate of drug-likeness (QED) is 0.847. The Balaban J connectivity index is 2.05. The van der Waals surface area contributed by atoms with Crippen molar-refractivity contribution in [3.8, 4) is 6.07 Å². The standard InChI is InChI=1S/C15H19BrN2O/c1-2-8-19-14-4-3-7-18(11-14)13-6-5-12(10-17)15(16)9-13/h5-6,9,14H,2-4,7-8,11H2,1H3. The Morgan fingerprint density at radius 2 is 2.37 bits per heavy atom. The lowest BCUT2D eigenvalue weighted by Gasteiger charge is -2.34. The van der Waals surface area contributed by atoms with Crippen molar-refractivity contribution in [2.24, 2.45) is 0 Å². The largest absolute Gasteiger partial charge is 0.376 e. The monoisotopic (exact) mass is 322 g/mol. The topological polar surface area (TPSA) is 36.3 Å². The molecule has 102 valence electrons. The number of anilines is 1. The summed E-state index contributed by atoms with van der Waals surface area (Å²) in [5.74, 6) is 0. The molecule has 0 amide bonds. The number of rotatable bonds is 4. The van der Waals surface area contributed by atoms with E-state index in [-0.39, 0.29) is 0 Å². The molecule has 0 bridgehead atoms. The summed E-state index contributed by atoms with van der Waals surface area (Å²) in [7, 11) is 0. The van der Waals surface area contributed by atoms with Crippen molar-refractivity contribution in [2.75, 3.05) is 24.6 Å². The summed E-state index contributed by atoms with van der Waals surface area (Å²) in [6.45, 7) is 4.98. The van der Waals surface area contributed by atoms with Gasteiger partial charge in [0, 0.05) is 29.9 Å². The van der Waals surface area contributed by atoms with Crippen LogP contribution in [0.2, 0.25) is 0 Å². The molecular formula is C15H19BrN2O. The molecule has 0 aromatic heterocycles. The Labute approximate surface area is 123 Å². The molecule has 4 heteroatoms. The molecule has 1 saturated heterocycles. The number of nitriles is 1. The van der Waals surface area contributed by atoms with E-state index in [0.717, 1.165) is 49.1 Å². The van der Waals surface area contributed by atoms with Gasteiger partial charge in [-0.3, -0.25) is 0 Å². The molecule has 1 heterocycles. The zero-order valence-electron chi connectivity index (χ0n) is 11.2. The zero-order chi connectivity index (χ0) is 13.7. The van der Waals surface area contributed by atoms with Crippen molar-refractivity contribution in [2.45, 2.75) is 32.3 Å². The second kappa shape index (κ2) is 6.93. The van der Waals surface area contributed by atoms with Gasteiger partial charge in [-0.15, -0.1) is 0 Å². The van der Waals surface area contributed by atoms with E-state index in [2.05, 4.69) is 33.8 Å². The van der Waals surface area contributed by atoms with E-state index in [1.807, 2.05) is 18.2 Å². The number of hydrogen-bond donors (Lipinski definition) is 0. The third-order valence-corrected chi connectivity index (χ3v) is 4.03. The molecule has 1 atom stereocenters. The lowest BCUT2D eigenvalue weighted by Crippen LogP contribution is -2.39. The first kappa shape index (κ1) is 14.4. The molecule has 1 fully saturated rings. The van der Waals surface area contributed by atoms with Crippen molar-refractivity contribution in [3.05, 3.63) is 28.2 Å². The smallest absolute Gasteiger partial charge is 0.100 e. The van der Waals surface area contributed by atoms with Gasteiger partial charge in [0.2, 0.25) is 0 Å². The molecular weight excluding hydrogens is 304 g/mol. The maximum absolute atomic E-state index is 8.95. The Bertz CT molecular complexity index is 470. The average molecular weight is 323 g/mol. The SMILES string of the molecule is CCCOC1CCCN(c2ccc(C#N)c(Br)c2)C1. The molecule has 0 spiro atoms. The van der Waals surface area contributed by atoms with Crippen LogP contribution in [0, 0.1) is 11.3 Å². The van der Waals surface area contributed by atoms with E-state index in [9.17, 15) is 0 Å². The van der Waals surface area contributed by atoms with Gasteiger partial charge < -0.3 is 9.64 Å². The number of hydrogen-bond acceptors (Lipinski definition) is 3. The zero-order valence-corrected chi connectivity index (χ0v) is 12.8. The van der Waals surface area contributed by atoms with Crippen molar-refractivity contribution in [1.82, 2.24) is 0 Å². The highest BCUT2D eigenvalue weighted by Gasteiger charge is 2.20. The van der Waals surface area contributed by atoms with E-state index >= 15 is 0 Å². The lowest BCUT2D eigenvalue weighted by atomic mass is 10.1. The Hall–Kier alpha value is -1.05. The summed E-state index contributed by atoms with van der Waals surface area (Å²) < 4.78 is 6.72. The molecule has 2 rings (SSSR count). The maximum atomic E-state index is 8.95. The summed E-state index contributed by atoms with van der Waals surface area (Å²) >= 11 is 3.45. The molecule has 1 aromatic carbocycles. The molecule has 1 aromatic rings. The summed E-state index contributed by atoms with van der Waals surface area (Å²) in [6.07, 6.45) is 3.71. The first-order valence-electron chi connectivity index (χ1n) is 6.80. The Morgan fingerprint density at radius 1 is 1.53 bits per heavy atom. The highest BCUT2D eigenvalue weighted by atomic mass is 79.9. The van der Waals surface area contributed by atoms with E-state index in [1.54, 1.807) is 0 Å². The summed E-state index contributed by atoms with van der Waals surface area (Å²) in [5, 5.41) is 8.95. The minimum Gasteiger partial charge on any atom is -0.376 e. The molecule has 1 aliphatic heterocycles. The van der Waals surface area contributed by atoms with Gasteiger partial charge in [0.15, 0.2) is 0 Å². The van der Waals surface area contributed by atoms with Crippen molar-refractivity contribution >= 4 is 21.6 Å². The van der Waals surface area contributed by atoms with Crippen LogP contribution in [0.1, 0.15) is 31.7 Å². The number of piperidine rings is 1. The Morgan fingerprint density at radius 3 is 3.05 bits per heavy atom. The van der Waals surface area contributed by atoms with E-state index in [1.165, 1.54) is 0 Å². The second-order valence-electron chi connectivity index (χ2n) is 4.86. The summed E-state index contributed by atoms with van der Waals surface area (Å²) in [4.78, 5) is 2.34. The fourth-order valence-electron chi connectivity index (χ4n) is 2.38. The van der Waals surface area contributed by atoms with Gasteiger partial charge >= 0.3 is 0 Å². The lowest BCUT2D eigenvalue weighted by molar-refractivity contribution is 0.0440. The first-order valence-corrected chi connectivity index (χ1v) is 7.60. The van der Waals surface area contributed by atoms with Gasteiger partial charge in [0.25, 0.3) is 0 Å². The van der Waals surface area contributed by atoms with Crippen LogP contribution in [-0.4, -0.2) is 25.8 Å². The van der Waals surface area contributed by atoms with Gasteiger partial charge in [-0.05, 0) is 53.4 Å². The van der Waals surface area contributed by atoms with Crippen LogP contribution in [0.3, 0.4) is 0 Å². The number of nitrogens with zero attached hydrogens (tertiary/aromatic N) is 2. The van der Waals surface area contributed by atoms with E-state index in [4.69, 9.17) is 10.00 Å². The maximum Gasteiger partial charge on any atom is 0.100 e. The summed E-state index contributed by atoms with van der Waals surface area (Å²) in [5.41, 5.74) is 1.84. The normalized spacial score (nSPS) is 19.2. The predicted octanol–water partition coefficient (Wildman–Crippen LogP) is 3.72. The van der Waals surface area contributed by atoms with Gasteiger partial charge in [-0.25, -0.2) is 0 Å². The van der Waals surface area contributed by atoms with Gasteiger partial charge in [-0.1, -0.05) is 6.92 Å². The van der Waals surface area contributed by atoms with Crippen LogP contribution >= 0.6 is 15.9 Å². The fourth-order valence-corrected chi connectivity index (χ4v) is 2.84. The van der Waals surface area contributed by atoms with Crippen molar-refractivity contribution < 1.29 is 4.74 Å². The van der Waals surface area contributed by atoms with Crippen LogP contribution in [0.5, 0.6) is 0 Å². The minimum atomic E-state index is 0.336. The third kappa shape index (κ3) is 3.71. The van der Waals surface area contributed by atoms with Crippen LogP contribution < -0.4 is 4.90 Å². The molecule has 0 saturated carbocycles. The minimum absolute atomic E-state index is 0.336. The molecule has 3 nitrogen and oxygen atoms in total. The highest BCUT2D eigenvalue weighted by molar-refractivity contribution is 9.10. The Kier molecular flexibility index (Phi) is 5.24. The third-order valence-electron chi connectivity index (χ3n) is 3.37. The summed E-state index contributed by atoms with van der Waals surface area (Å²) in [6, 6.07) is 8.09. The van der Waals surface area contributed by atoms with E-state index in [0.29, 0.717) is 11.7 Å². The van der Waals surface area contributed by atoms with Crippen LogP contribution in [0.15, 0.2) is 22.7 Å². The van der Waals surface area contributed by atoms with Gasteiger partial charge in [-0.2, -0.15) is 5.26 Å². The molecule has 1 unspecified atom stereocenters. The van der Waals surface area contributed by atoms with Crippen LogP contribution in [0.4, 0.5) is 5.69 Å². The van der Waals surface area contributed by atoms with E-state index < -0.39 is 0 Å². The van der Waals surface area contributed by atoms with Crippen LogP contribution in [-0.2, 0) is 4.74 Å². The molecule has 19 heavy (non-hydrogen) atoms. The predicted molar refractivity (Wildman–Crippen MR) is 80.3 cm³/mol. The van der Waals surface area contributed by atoms with Gasteiger partial charge in [0.1, 0.15) is 6.07 Å². The highest BCUT2D eigenvalue weighted by Crippen LogP contribution is 2.26. The van der Waals surface area contributed by atoms with Crippen molar-refractivity contribution in [1.29, 1.82) is 5.26 Å². The molecule has 0 aliphatic carbocycles. The fraction of sp³-hybridized carbons (Fsp3) is 0.533. The van der Waals surface area contributed by atoms with Crippen LogP contribution in [0.25, 0.3) is 0 Å².